The minimum atomic E-state index is -1.18. The number of Topliss-reactive ketones (excluding diaryl/α,β-unsaturated/α-hetero) is 1. The number of carbonyl (C=O) groups excluding carboxylic acids is 2. The maximum Gasteiger partial charge on any atom is 0.319 e. The van der Waals surface area contributed by atoms with Crippen LogP contribution in [0.3, 0.4) is 0 Å². The molecule has 0 saturated heterocycles. The molecule has 14 heteroatoms. The lowest BCUT2D eigenvalue weighted by Crippen LogP contribution is -2.37. The molecule has 14 nitrogen and oxygen atoms in total. The number of hydrogen-bond donors (Lipinski definition) is 0. The van der Waals surface area contributed by atoms with Crippen LogP contribution in [0.2, 0.25) is 0 Å². The first-order valence-corrected chi connectivity index (χ1v) is 15.4. The van der Waals surface area contributed by atoms with Crippen molar-refractivity contribution in [3.8, 4) is 0 Å². The predicted molar refractivity (Wildman–Crippen MR) is 160 cm³/mol. The minimum absolute atomic E-state index is 0.234. The molecule has 0 N–H and O–H groups in total. The van der Waals surface area contributed by atoms with Crippen molar-refractivity contribution < 1.29 is 66.4 Å². The van der Waals surface area contributed by atoms with E-state index in [2.05, 4.69) is 0 Å². The molecular formula is C30H58O14. The van der Waals surface area contributed by atoms with Crippen LogP contribution in [0.15, 0.2) is 0 Å². The second kappa shape index (κ2) is 33.1. The molecule has 1 atom stereocenters. The van der Waals surface area contributed by atoms with Crippen molar-refractivity contribution in [3.63, 3.8) is 0 Å². The van der Waals surface area contributed by atoms with Gasteiger partial charge in [0, 0.05) is 13.7 Å². The van der Waals surface area contributed by atoms with Crippen LogP contribution in [0.5, 0.6) is 0 Å². The molecule has 0 aromatic carbocycles. The first-order valence-electron chi connectivity index (χ1n) is 15.4. The Hall–Kier alpha value is -1.30. The lowest BCUT2D eigenvalue weighted by Gasteiger charge is -2.24. The van der Waals surface area contributed by atoms with E-state index in [1.807, 2.05) is 0 Å². The van der Waals surface area contributed by atoms with Crippen molar-refractivity contribution in [1.82, 2.24) is 0 Å². The van der Waals surface area contributed by atoms with Crippen LogP contribution in [0, 0.1) is 5.41 Å². The average molecular weight is 643 g/mol. The van der Waals surface area contributed by atoms with E-state index >= 15 is 0 Å². The number of hydrogen-bond acceptors (Lipinski definition) is 14. The first kappa shape index (κ1) is 42.7. The van der Waals surface area contributed by atoms with E-state index in [1.165, 1.54) is 6.92 Å². The highest BCUT2D eigenvalue weighted by Crippen LogP contribution is 2.24. The Morgan fingerprint density at radius 2 is 0.705 bits per heavy atom. The molecule has 0 aliphatic rings. The third kappa shape index (κ3) is 27.0. The van der Waals surface area contributed by atoms with E-state index in [-0.39, 0.29) is 25.4 Å². The first-order chi connectivity index (χ1) is 21.5. The van der Waals surface area contributed by atoms with Gasteiger partial charge in [-0.2, -0.15) is 0 Å². The van der Waals surface area contributed by atoms with E-state index in [0.717, 1.165) is 0 Å². The zero-order valence-corrected chi connectivity index (χ0v) is 27.5. The number of esters is 1. The Labute approximate surface area is 263 Å². The number of methoxy groups -OCH3 is 1. The molecule has 0 bridgehead atoms. The quantitative estimate of drug-likeness (QED) is 0.0551. The molecule has 0 aliphatic heterocycles. The van der Waals surface area contributed by atoms with Gasteiger partial charge in [-0.25, -0.2) is 0 Å². The highest BCUT2D eigenvalue weighted by Gasteiger charge is 2.39. The molecule has 0 rings (SSSR count). The number of rotatable bonds is 36. The summed E-state index contributed by atoms with van der Waals surface area (Å²) in [6.07, 6.45) is 0.266. The molecule has 0 spiro atoms. The summed E-state index contributed by atoms with van der Waals surface area (Å²) < 4.78 is 64.2. The Morgan fingerprint density at radius 1 is 0.455 bits per heavy atom. The van der Waals surface area contributed by atoms with Crippen molar-refractivity contribution in [1.29, 1.82) is 0 Å². The molecule has 0 fully saturated rings. The van der Waals surface area contributed by atoms with Crippen molar-refractivity contribution in [3.05, 3.63) is 0 Å². The van der Waals surface area contributed by atoms with Gasteiger partial charge in [-0.1, -0.05) is 0 Å². The van der Waals surface area contributed by atoms with E-state index < -0.39 is 11.4 Å². The lowest BCUT2D eigenvalue weighted by atomic mass is 9.83. The maximum absolute atomic E-state index is 12.0. The zero-order chi connectivity index (χ0) is 32.4. The Morgan fingerprint density at radius 3 is 0.932 bits per heavy atom. The van der Waals surface area contributed by atoms with Gasteiger partial charge in [-0.15, -0.1) is 0 Å². The molecule has 0 aliphatic carbocycles. The third-order valence-corrected chi connectivity index (χ3v) is 6.03. The standard InChI is InChI=1S/C30H58O14/c1-5-44-29(32)30(3,28(2)31)6-7-34-10-11-36-14-15-38-18-19-40-22-23-42-26-27-43-25-24-41-21-20-39-17-16-37-13-12-35-9-8-33-4/h5-27H2,1-4H3. The van der Waals surface area contributed by atoms with Crippen molar-refractivity contribution in [2.45, 2.75) is 27.2 Å². The monoisotopic (exact) mass is 642 g/mol. The third-order valence-electron chi connectivity index (χ3n) is 6.03. The topological polar surface area (TPSA) is 145 Å². The van der Waals surface area contributed by atoms with Gasteiger partial charge >= 0.3 is 5.97 Å². The second-order valence-corrected chi connectivity index (χ2v) is 9.48. The van der Waals surface area contributed by atoms with Crippen LogP contribution >= 0.6 is 0 Å². The summed E-state index contributed by atoms with van der Waals surface area (Å²) in [4.78, 5) is 23.9. The number of ketones is 1. The predicted octanol–water partition coefficient (Wildman–Crippen LogP) is 1.35. The van der Waals surface area contributed by atoms with Gasteiger partial charge < -0.3 is 56.8 Å². The highest BCUT2D eigenvalue weighted by molar-refractivity contribution is 6.02. The second-order valence-electron chi connectivity index (χ2n) is 9.48. The van der Waals surface area contributed by atoms with Crippen molar-refractivity contribution >= 4 is 11.8 Å². The van der Waals surface area contributed by atoms with Gasteiger partial charge in [0.1, 0.15) is 11.2 Å². The van der Waals surface area contributed by atoms with Gasteiger partial charge in [-0.05, 0) is 27.2 Å². The van der Waals surface area contributed by atoms with Gasteiger partial charge in [-0.3, -0.25) is 9.59 Å². The fraction of sp³-hybridized carbons (Fsp3) is 0.933. The average Bonchev–Trinajstić information content (AvgIpc) is 3.01. The normalized spacial score (nSPS) is 12.8. The Kier molecular flexibility index (Phi) is 32.1. The summed E-state index contributed by atoms with van der Waals surface area (Å²) in [5, 5.41) is 0. The van der Waals surface area contributed by atoms with Crippen LogP contribution in [0.25, 0.3) is 0 Å². The summed E-state index contributed by atoms with van der Waals surface area (Å²) in [6.45, 7) is 15.0. The van der Waals surface area contributed by atoms with Crippen LogP contribution in [0.1, 0.15) is 27.2 Å². The SMILES string of the molecule is CCOC(=O)C(C)(CCOCCOCCOCCOCCOCCOCCOCCOCCOCCOCCOC)C(C)=O. The minimum Gasteiger partial charge on any atom is -0.465 e. The zero-order valence-electron chi connectivity index (χ0n) is 27.5. The van der Waals surface area contributed by atoms with Gasteiger partial charge in [0.15, 0.2) is 0 Å². The Balaban J connectivity index is 3.24. The van der Waals surface area contributed by atoms with Gasteiger partial charge in [0.05, 0.1) is 139 Å². The van der Waals surface area contributed by atoms with E-state index in [4.69, 9.17) is 56.8 Å². The van der Waals surface area contributed by atoms with E-state index in [9.17, 15) is 9.59 Å². The Bertz CT molecular complexity index is 639. The molecule has 0 aromatic rings. The molecule has 0 amide bonds. The molecule has 1 unspecified atom stereocenters. The maximum atomic E-state index is 12.0. The largest absolute Gasteiger partial charge is 0.465 e. The highest BCUT2D eigenvalue weighted by atomic mass is 16.6. The van der Waals surface area contributed by atoms with Crippen LogP contribution in [0.4, 0.5) is 0 Å². The molecule has 0 saturated carbocycles. The molecule has 44 heavy (non-hydrogen) atoms. The summed E-state index contributed by atoms with van der Waals surface area (Å²) in [5.41, 5.74) is -1.18. The fourth-order valence-electron chi connectivity index (χ4n) is 3.21. The van der Waals surface area contributed by atoms with Gasteiger partial charge in [0.25, 0.3) is 0 Å². The smallest absolute Gasteiger partial charge is 0.319 e. The summed E-state index contributed by atoms with van der Waals surface area (Å²) in [5.74, 6) is -0.751. The van der Waals surface area contributed by atoms with E-state index in [1.54, 1.807) is 21.0 Å². The van der Waals surface area contributed by atoms with Crippen LogP contribution < -0.4 is 0 Å². The summed E-state index contributed by atoms with van der Waals surface area (Å²) in [7, 11) is 1.64. The molecule has 262 valence electrons. The number of ether oxygens (including phenoxy) is 12. The summed E-state index contributed by atoms with van der Waals surface area (Å²) in [6, 6.07) is 0. The van der Waals surface area contributed by atoms with Crippen LogP contribution in [-0.4, -0.2) is 164 Å². The van der Waals surface area contributed by atoms with Crippen LogP contribution in [-0.2, 0) is 66.4 Å². The van der Waals surface area contributed by atoms with Gasteiger partial charge in [0.2, 0.25) is 0 Å². The van der Waals surface area contributed by atoms with Crippen molar-refractivity contribution in [2.75, 3.05) is 152 Å². The lowest BCUT2D eigenvalue weighted by molar-refractivity contribution is -0.159. The molecule has 0 radical (unpaired) electrons. The molecule has 0 aromatic heterocycles. The molecule has 0 heterocycles. The summed E-state index contributed by atoms with van der Waals surface area (Å²) >= 11 is 0. The van der Waals surface area contributed by atoms with Crippen molar-refractivity contribution in [2.24, 2.45) is 5.41 Å². The number of carbonyl (C=O) groups is 2. The van der Waals surface area contributed by atoms with E-state index in [0.29, 0.717) is 132 Å². The fourth-order valence-corrected chi connectivity index (χ4v) is 3.21. The molecular weight excluding hydrogens is 584 g/mol.